The highest BCUT2D eigenvalue weighted by atomic mass is 19.3. The van der Waals surface area contributed by atoms with E-state index in [2.05, 4.69) is 10.2 Å². The lowest BCUT2D eigenvalue weighted by Crippen LogP contribution is -2.37. The third-order valence-electron chi connectivity index (χ3n) is 3.03. The second kappa shape index (κ2) is 2.70. The average molecular weight is 189 g/mol. The van der Waals surface area contributed by atoms with E-state index in [0.29, 0.717) is 19.4 Å². The predicted octanol–water partition coefficient (Wildman–Crippen LogP) is 1.93. The topological polar surface area (TPSA) is 50.7 Å². The lowest BCUT2D eigenvalue weighted by molar-refractivity contribution is -0.0500. The lowest BCUT2D eigenvalue weighted by Gasteiger charge is -2.30. The molecule has 0 spiro atoms. The van der Waals surface area contributed by atoms with Crippen LogP contribution in [0.25, 0.3) is 0 Å². The zero-order valence-corrected chi connectivity index (χ0v) is 7.34. The van der Waals surface area contributed by atoms with Gasteiger partial charge in [0, 0.05) is 25.3 Å². The second-order valence-corrected chi connectivity index (χ2v) is 3.91. The minimum atomic E-state index is -2.47. The van der Waals surface area contributed by atoms with Crippen LogP contribution in [0.1, 0.15) is 25.7 Å². The van der Waals surface area contributed by atoms with E-state index in [0.717, 1.165) is 0 Å². The fourth-order valence-corrected chi connectivity index (χ4v) is 1.98. The van der Waals surface area contributed by atoms with Crippen molar-refractivity contribution in [2.24, 2.45) is 21.9 Å². The van der Waals surface area contributed by atoms with Crippen molar-refractivity contribution < 1.29 is 8.78 Å². The molecule has 0 aromatic heterocycles. The highest BCUT2D eigenvalue weighted by Gasteiger charge is 2.50. The van der Waals surface area contributed by atoms with Gasteiger partial charge >= 0.3 is 0 Å². The van der Waals surface area contributed by atoms with E-state index >= 15 is 0 Å². The van der Waals surface area contributed by atoms with E-state index in [1.165, 1.54) is 0 Å². The Hall–Kier alpha value is -0.580. The van der Waals surface area contributed by atoms with Gasteiger partial charge in [0.05, 0.1) is 0 Å². The summed E-state index contributed by atoms with van der Waals surface area (Å²) < 4.78 is 25.6. The van der Waals surface area contributed by atoms with Gasteiger partial charge in [0.25, 0.3) is 0 Å². The molecule has 1 aliphatic carbocycles. The van der Waals surface area contributed by atoms with Crippen molar-refractivity contribution in [1.82, 2.24) is 0 Å². The molecule has 1 saturated carbocycles. The van der Waals surface area contributed by atoms with Crippen LogP contribution in [0.15, 0.2) is 10.2 Å². The first-order valence-electron chi connectivity index (χ1n) is 4.60. The van der Waals surface area contributed by atoms with Crippen LogP contribution >= 0.6 is 0 Å². The molecule has 0 aromatic rings. The van der Waals surface area contributed by atoms with Crippen molar-refractivity contribution in [3.63, 3.8) is 0 Å². The molecule has 2 rings (SSSR count). The summed E-state index contributed by atoms with van der Waals surface area (Å²) in [6, 6.07) is 0. The van der Waals surface area contributed by atoms with Crippen LogP contribution in [-0.2, 0) is 0 Å². The Labute approximate surface area is 75.4 Å². The second-order valence-electron chi connectivity index (χ2n) is 3.91. The Bertz CT molecular complexity index is 224. The monoisotopic (exact) mass is 189 g/mol. The molecule has 1 heterocycles. The summed E-state index contributed by atoms with van der Waals surface area (Å²) in [5.74, 6) is -2.32. The van der Waals surface area contributed by atoms with Crippen molar-refractivity contribution in [1.29, 1.82) is 0 Å². The molecule has 1 fully saturated rings. The number of hydrogen-bond acceptors (Lipinski definition) is 3. The van der Waals surface area contributed by atoms with Crippen LogP contribution in [0.4, 0.5) is 8.78 Å². The number of nitrogens with zero attached hydrogens (tertiary/aromatic N) is 2. The highest BCUT2D eigenvalue weighted by Crippen LogP contribution is 2.46. The quantitative estimate of drug-likeness (QED) is 0.709. The first-order valence-corrected chi connectivity index (χ1v) is 4.60. The van der Waals surface area contributed by atoms with Crippen molar-refractivity contribution in [3.05, 3.63) is 0 Å². The summed E-state index contributed by atoms with van der Waals surface area (Å²) in [5.41, 5.74) is 5.02. The molecule has 2 aliphatic rings. The maximum absolute atomic E-state index is 12.8. The lowest BCUT2D eigenvalue weighted by atomic mass is 9.80. The molecule has 0 saturated heterocycles. The number of nitrogens with two attached hydrogens (primary N) is 1. The molecule has 5 heteroatoms. The number of alkyl halides is 2. The molecule has 13 heavy (non-hydrogen) atoms. The summed E-state index contributed by atoms with van der Waals surface area (Å²) in [4.78, 5) is 0. The van der Waals surface area contributed by atoms with Gasteiger partial charge in [-0.1, -0.05) is 0 Å². The van der Waals surface area contributed by atoms with Crippen molar-refractivity contribution in [2.75, 3.05) is 6.54 Å². The zero-order valence-electron chi connectivity index (χ0n) is 7.34. The summed E-state index contributed by atoms with van der Waals surface area (Å²) in [5, 5.41) is 7.76. The average Bonchev–Trinajstić information content (AvgIpc) is 2.85. The van der Waals surface area contributed by atoms with Crippen LogP contribution in [0.3, 0.4) is 0 Å². The largest absolute Gasteiger partial charge is 0.326 e. The van der Waals surface area contributed by atoms with Crippen LogP contribution < -0.4 is 5.73 Å². The summed E-state index contributed by atoms with van der Waals surface area (Å²) >= 11 is 0. The predicted molar refractivity (Wildman–Crippen MR) is 43.5 cm³/mol. The normalized spacial score (nSPS) is 30.4. The Balaban J connectivity index is 1.92. The van der Waals surface area contributed by atoms with Crippen LogP contribution in [0.5, 0.6) is 0 Å². The molecule has 2 N–H and O–H groups in total. The minimum Gasteiger partial charge on any atom is -0.326 e. The van der Waals surface area contributed by atoms with Gasteiger partial charge in [-0.15, -0.1) is 0 Å². The Morgan fingerprint density at radius 3 is 2.15 bits per heavy atom. The Kier molecular flexibility index (Phi) is 1.87. The first kappa shape index (κ1) is 8.99. The number of rotatable bonds is 2. The van der Waals surface area contributed by atoms with E-state index in [1.807, 2.05) is 0 Å². The standard InChI is InChI=1S/C8H13F2N3/c9-7(10)3-1-6(2-4-7)8(5-11)12-13-8/h6H,1-5,11H2. The molecule has 0 radical (unpaired) electrons. The SMILES string of the molecule is NCC1(C2CCC(F)(F)CC2)N=N1. The summed E-state index contributed by atoms with van der Waals surface area (Å²) in [6.45, 7) is 0.364. The van der Waals surface area contributed by atoms with Gasteiger partial charge in [-0.25, -0.2) is 8.78 Å². The van der Waals surface area contributed by atoms with Gasteiger partial charge < -0.3 is 5.73 Å². The van der Waals surface area contributed by atoms with Crippen LogP contribution in [0.2, 0.25) is 0 Å². The van der Waals surface area contributed by atoms with Gasteiger partial charge in [0.2, 0.25) is 11.6 Å². The molecule has 74 valence electrons. The smallest absolute Gasteiger partial charge is 0.248 e. The maximum atomic E-state index is 12.8. The van der Waals surface area contributed by atoms with Gasteiger partial charge in [-0.2, -0.15) is 10.2 Å². The fraction of sp³-hybridized carbons (Fsp3) is 1.00. The van der Waals surface area contributed by atoms with E-state index in [9.17, 15) is 8.78 Å². The van der Waals surface area contributed by atoms with Crippen LogP contribution in [-0.4, -0.2) is 18.1 Å². The third-order valence-corrected chi connectivity index (χ3v) is 3.03. The first-order chi connectivity index (χ1) is 6.08. The number of halogens is 2. The molecule has 0 unspecified atom stereocenters. The van der Waals surface area contributed by atoms with Gasteiger partial charge in [-0.05, 0) is 12.8 Å². The fourth-order valence-electron chi connectivity index (χ4n) is 1.98. The molecule has 1 aliphatic heterocycles. The molecule has 0 aromatic carbocycles. The summed E-state index contributed by atoms with van der Waals surface area (Å²) in [7, 11) is 0. The third kappa shape index (κ3) is 1.57. The van der Waals surface area contributed by atoms with Crippen molar-refractivity contribution in [3.8, 4) is 0 Å². The van der Waals surface area contributed by atoms with E-state index < -0.39 is 11.6 Å². The van der Waals surface area contributed by atoms with Gasteiger partial charge in [-0.3, -0.25) is 0 Å². The van der Waals surface area contributed by atoms with Crippen molar-refractivity contribution in [2.45, 2.75) is 37.3 Å². The number of hydrogen-bond donors (Lipinski definition) is 1. The van der Waals surface area contributed by atoms with E-state index in [1.54, 1.807) is 0 Å². The van der Waals surface area contributed by atoms with Gasteiger partial charge in [0.1, 0.15) is 0 Å². The highest BCUT2D eigenvalue weighted by molar-refractivity contribution is 5.02. The Morgan fingerprint density at radius 1 is 1.23 bits per heavy atom. The minimum absolute atomic E-state index is 0.0372. The molecule has 0 amide bonds. The van der Waals surface area contributed by atoms with Crippen LogP contribution in [0, 0.1) is 5.92 Å². The molecule has 0 atom stereocenters. The molecule has 3 nitrogen and oxygen atoms in total. The van der Waals surface area contributed by atoms with Gasteiger partial charge in [0.15, 0.2) is 0 Å². The summed E-state index contributed by atoms with van der Waals surface area (Å²) in [6.07, 6.45) is 0.920. The molecular weight excluding hydrogens is 176 g/mol. The molecular formula is C8H13F2N3. The Morgan fingerprint density at radius 2 is 1.77 bits per heavy atom. The van der Waals surface area contributed by atoms with E-state index in [-0.39, 0.29) is 18.8 Å². The maximum Gasteiger partial charge on any atom is 0.248 e. The molecule has 0 bridgehead atoms. The van der Waals surface area contributed by atoms with Crippen molar-refractivity contribution >= 4 is 0 Å². The zero-order chi connectivity index (χ0) is 9.53. The van der Waals surface area contributed by atoms with E-state index in [4.69, 9.17) is 5.73 Å².